The predicted octanol–water partition coefficient (Wildman–Crippen LogP) is 4.73. The topological polar surface area (TPSA) is 96.8 Å². The number of fused-ring (bicyclic) bond motifs is 2. The molecule has 0 spiro atoms. The summed E-state index contributed by atoms with van der Waals surface area (Å²) in [5.41, 5.74) is 4.20. The molecule has 6 rings (SSSR count). The molecule has 8 heteroatoms. The maximum absolute atomic E-state index is 15.0. The van der Waals surface area contributed by atoms with E-state index in [2.05, 4.69) is 9.97 Å². The van der Waals surface area contributed by atoms with Crippen molar-refractivity contribution in [3.8, 4) is 28.3 Å². The summed E-state index contributed by atoms with van der Waals surface area (Å²) < 4.78 is 32.3. The number of hydrogen-bond donors (Lipinski definition) is 3. The minimum absolute atomic E-state index is 0.225. The van der Waals surface area contributed by atoms with Crippen LogP contribution in [0.2, 0.25) is 0 Å². The van der Waals surface area contributed by atoms with Crippen molar-refractivity contribution in [2.24, 2.45) is 0 Å². The van der Waals surface area contributed by atoms with Crippen LogP contribution < -0.4 is 4.74 Å². The number of H-pyrrole nitrogens is 1. The zero-order valence-electron chi connectivity index (χ0n) is 21.1. The minimum Gasteiger partial charge on any atom is -0.470 e. The van der Waals surface area contributed by atoms with E-state index in [0.29, 0.717) is 29.1 Å². The zero-order valence-corrected chi connectivity index (χ0v) is 21.1. The molecular weight excluding hydrogens is 487 g/mol. The summed E-state index contributed by atoms with van der Waals surface area (Å²) in [7, 11) is 0. The Kier molecular flexibility index (Phi) is 6.28. The number of nitrogens with one attached hydrogen (secondary N) is 1. The van der Waals surface area contributed by atoms with Crippen molar-refractivity contribution in [1.82, 2.24) is 9.97 Å². The third-order valence-electron chi connectivity index (χ3n) is 6.88. The number of benzene rings is 2. The first-order valence-corrected chi connectivity index (χ1v) is 12.6. The van der Waals surface area contributed by atoms with Gasteiger partial charge >= 0.3 is 0 Å². The minimum atomic E-state index is -0.862. The summed E-state index contributed by atoms with van der Waals surface area (Å²) in [6.07, 6.45) is 1.90. The molecule has 0 saturated carbocycles. The van der Waals surface area contributed by atoms with Gasteiger partial charge < -0.3 is 29.4 Å². The first kappa shape index (κ1) is 24.8. The number of ether oxygens (including phenoxy) is 3. The van der Waals surface area contributed by atoms with E-state index < -0.39 is 17.5 Å². The Balaban J connectivity index is 1.19. The lowest BCUT2D eigenvalue weighted by Gasteiger charge is -2.16. The summed E-state index contributed by atoms with van der Waals surface area (Å²) in [4.78, 5) is 7.62. The van der Waals surface area contributed by atoms with Gasteiger partial charge in [0.2, 0.25) is 0 Å². The van der Waals surface area contributed by atoms with Gasteiger partial charge in [0, 0.05) is 17.7 Å². The van der Waals surface area contributed by atoms with E-state index in [1.807, 2.05) is 54.6 Å². The second-order valence-corrected chi connectivity index (χ2v) is 10.4. The van der Waals surface area contributed by atoms with Gasteiger partial charge in [0.1, 0.15) is 24.0 Å². The van der Waals surface area contributed by atoms with Crippen LogP contribution >= 0.6 is 0 Å². The fourth-order valence-corrected chi connectivity index (χ4v) is 4.89. The molecule has 2 saturated heterocycles. The Labute approximate surface area is 219 Å². The summed E-state index contributed by atoms with van der Waals surface area (Å²) in [5.74, 6) is 0.00703. The SMILES string of the molecule is CC(C)(O)/C=C/c1ccc(-c2ccc(-c3nc4cc(O[C@@H]5CO[C@H]6[C@@H]5OC[C@H]6O)[nH]c4cc3F)cc2)cc1. The molecule has 38 heavy (non-hydrogen) atoms. The standard InChI is InChI=1S/C30H29FN2O5/c1-30(2,35)12-11-17-3-5-18(6-4-17)19-7-9-20(10-8-19)27-21(31)13-22-23(33-27)14-26(32-22)38-25-16-37-28-24(34)15-36-29(25)28/h3-14,24-25,28-29,32,34-35H,15-16H2,1-2H3/b12-11+/t24-,25-,28-,29-/m1/s1. The highest BCUT2D eigenvalue weighted by Crippen LogP contribution is 2.32. The van der Waals surface area contributed by atoms with Gasteiger partial charge in [0.15, 0.2) is 17.8 Å². The van der Waals surface area contributed by atoms with Crippen molar-refractivity contribution in [3.05, 3.63) is 78.1 Å². The van der Waals surface area contributed by atoms with E-state index in [9.17, 15) is 10.2 Å². The number of aromatic amines is 1. The smallest absolute Gasteiger partial charge is 0.193 e. The molecule has 4 atom stereocenters. The number of rotatable bonds is 6. The van der Waals surface area contributed by atoms with Gasteiger partial charge in [-0.25, -0.2) is 9.37 Å². The Morgan fingerprint density at radius 1 is 0.974 bits per heavy atom. The average Bonchev–Trinajstić information content (AvgIpc) is 3.59. The van der Waals surface area contributed by atoms with Crippen LogP contribution in [0.5, 0.6) is 5.88 Å². The maximum Gasteiger partial charge on any atom is 0.193 e. The quantitative estimate of drug-likeness (QED) is 0.343. The molecule has 196 valence electrons. The molecule has 2 aromatic carbocycles. The largest absolute Gasteiger partial charge is 0.470 e. The average molecular weight is 517 g/mol. The summed E-state index contributed by atoms with van der Waals surface area (Å²) >= 11 is 0. The molecule has 7 nitrogen and oxygen atoms in total. The summed E-state index contributed by atoms with van der Waals surface area (Å²) in [6.45, 7) is 4.00. The highest BCUT2D eigenvalue weighted by atomic mass is 19.1. The number of aromatic nitrogens is 2. The number of aliphatic hydroxyl groups excluding tert-OH is 1. The summed E-state index contributed by atoms with van der Waals surface area (Å²) in [6, 6.07) is 18.8. The Morgan fingerprint density at radius 2 is 1.63 bits per heavy atom. The molecule has 2 aliphatic rings. The molecule has 3 N–H and O–H groups in total. The molecule has 2 fully saturated rings. The molecular formula is C30H29FN2O5. The normalized spacial score (nSPS) is 23.4. The van der Waals surface area contributed by atoms with Gasteiger partial charge in [-0.05, 0) is 30.5 Å². The molecule has 0 aliphatic carbocycles. The van der Waals surface area contributed by atoms with Crippen LogP contribution in [0.4, 0.5) is 4.39 Å². The van der Waals surface area contributed by atoms with E-state index in [0.717, 1.165) is 16.7 Å². The Morgan fingerprint density at radius 3 is 2.34 bits per heavy atom. The van der Waals surface area contributed by atoms with Gasteiger partial charge in [-0.2, -0.15) is 0 Å². The molecule has 2 aliphatic heterocycles. The highest BCUT2D eigenvalue weighted by molar-refractivity contribution is 5.81. The van der Waals surface area contributed by atoms with Crippen LogP contribution in [0, 0.1) is 5.82 Å². The van der Waals surface area contributed by atoms with Crippen molar-refractivity contribution < 1.29 is 28.8 Å². The number of nitrogens with zero attached hydrogens (tertiary/aromatic N) is 1. The Hall–Kier alpha value is -3.56. The zero-order chi connectivity index (χ0) is 26.4. The highest BCUT2D eigenvalue weighted by Gasteiger charge is 2.48. The van der Waals surface area contributed by atoms with Crippen LogP contribution in [0.3, 0.4) is 0 Å². The van der Waals surface area contributed by atoms with Crippen LogP contribution in [0.15, 0.2) is 66.7 Å². The molecule has 2 aromatic heterocycles. The van der Waals surface area contributed by atoms with Crippen LogP contribution in [0.25, 0.3) is 39.5 Å². The second-order valence-electron chi connectivity index (χ2n) is 10.4. The van der Waals surface area contributed by atoms with Crippen LogP contribution in [0.1, 0.15) is 19.4 Å². The first-order valence-electron chi connectivity index (χ1n) is 12.6. The van der Waals surface area contributed by atoms with E-state index in [1.165, 1.54) is 6.07 Å². The lowest BCUT2D eigenvalue weighted by molar-refractivity contribution is 0.00794. The predicted molar refractivity (Wildman–Crippen MR) is 142 cm³/mol. The van der Waals surface area contributed by atoms with Gasteiger partial charge in [-0.15, -0.1) is 0 Å². The van der Waals surface area contributed by atoms with Crippen molar-refractivity contribution in [1.29, 1.82) is 0 Å². The Bertz CT molecular complexity index is 1470. The number of halogens is 1. The molecule has 0 radical (unpaired) electrons. The van der Waals surface area contributed by atoms with E-state index in [1.54, 1.807) is 26.0 Å². The van der Waals surface area contributed by atoms with E-state index >= 15 is 4.39 Å². The van der Waals surface area contributed by atoms with Crippen molar-refractivity contribution in [3.63, 3.8) is 0 Å². The van der Waals surface area contributed by atoms with Gasteiger partial charge in [-0.1, -0.05) is 60.7 Å². The van der Waals surface area contributed by atoms with Crippen molar-refractivity contribution in [2.75, 3.05) is 13.2 Å². The lowest BCUT2D eigenvalue weighted by atomic mass is 10.0. The van der Waals surface area contributed by atoms with Gasteiger partial charge in [0.05, 0.1) is 29.8 Å². The third kappa shape index (κ3) is 4.96. The van der Waals surface area contributed by atoms with Gasteiger partial charge in [0.25, 0.3) is 0 Å². The van der Waals surface area contributed by atoms with Crippen molar-refractivity contribution in [2.45, 2.75) is 43.9 Å². The lowest BCUT2D eigenvalue weighted by Crippen LogP contribution is -2.34. The third-order valence-corrected chi connectivity index (χ3v) is 6.88. The van der Waals surface area contributed by atoms with Crippen LogP contribution in [-0.4, -0.2) is 63.4 Å². The number of aliphatic hydroxyl groups is 2. The number of hydrogen-bond acceptors (Lipinski definition) is 6. The monoisotopic (exact) mass is 516 g/mol. The first-order chi connectivity index (χ1) is 18.2. The van der Waals surface area contributed by atoms with E-state index in [-0.39, 0.29) is 30.6 Å². The van der Waals surface area contributed by atoms with Crippen molar-refractivity contribution >= 4 is 17.1 Å². The fourth-order valence-electron chi connectivity index (χ4n) is 4.89. The second kappa shape index (κ2) is 9.63. The molecule has 4 aromatic rings. The summed E-state index contributed by atoms with van der Waals surface area (Å²) in [5, 5.41) is 19.8. The molecule has 0 amide bonds. The van der Waals surface area contributed by atoms with Crippen LogP contribution in [-0.2, 0) is 9.47 Å². The fraction of sp³-hybridized carbons (Fsp3) is 0.300. The van der Waals surface area contributed by atoms with Gasteiger partial charge in [-0.3, -0.25) is 0 Å². The number of pyridine rings is 1. The van der Waals surface area contributed by atoms with E-state index in [4.69, 9.17) is 14.2 Å². The molecule has 0 unspecified atom stereocenters. The molecule has 4 heterocycles. The molecule has 0 bridgehead atoms. The maximum atomic E-state index is 15.0.